The topological polar surface area (TPSA) is 562 Å². The fraction of sp³-hybridized carbons (Fsp3) is 0.577. The van der Waals surface area contributed by atoms with Crippen molar-refractivity contribution in [1.82, 2.24) is 52.4 Å². The van der Waals surface area contributed by atoms with Crippen molar-refractivity contribution in [2.24, 2.45) is 50.3 Å². The number of carboxylic acid groups (broad SMARTS) is 2. The van der Waals surface area contributed by atoms with Crippen molar-refractivity contribution in [2.45, 2.75) is 159 Å². The van der Waals surface area contributed by atoms with Crippen LogP contribution in [0, 0.1) is 5.92 Å². The Balaban J connectivity index is 1.86. The van der Waals surface area contributed by atoms with E-state index in [1.165, 1.54) is 11.8 Å². The summed E-state index contributed by atoms with van der Waals surface area (Å²) in [5.74, 6) is -13.3. The first kappa shape index (κ1) is 70.1. The summed E-state index contributed by atoms with van der Waals surface area (Å²) < 4.78 is 0. The minimum absolute atomic E-state index is 0.0117. The van der Waals surface area contributed by atoms with Gasteiger partial charge in [-0.1, -0.05) is 32.0 Å². The highest BCUT2D eigenvalue weighted by molar-refractivity contribution is 5.99. The number of H-pyrrole nitrogens is 1. The predicted octanol–water partition coefficient (Wildman–Crippen LogP) is -6.08. The number of hydrogen-bond acceptors (Lipinski definition) is 16. The zero-order valence-electron chi connectivity index (χ0n) is 47.9. The molecule has 1 aromatic heterocycles. The summed E-state index contributed by atoms with van der Waals surface area (Å²) >= 11 is 0. The van der Waals surface area contributed by atoms with E-state index in [1.54, 1.807) is 44.3 Å². The molecule has 0 saturated carbocycles. The van der Waals surface area contributed by atoms with Gasteiger partial charge in [-0.15, -0.1) is 0 Å². The Morgan fingerprint density at radius 1 is 0.624 bits per heavy atom. The van der Waals surface area contributed by atoms with Crippen LogP contribution in [0.25, 0.3) is 10.9 Å². The molecule has 2 heterocycles. The number of carbonyl (C=O) groups is 12. The molecular weight excluding hydrogens is 1120 g/mol. The third-order valence-corrected chi connectivity index (χ3v) is 13.6. The van der Waals surface area contributed by atoms with Gasteiger partial charge < -0.3 is 102 Å². The standard InChI is InChI=1S/C52H82N18O15/c1-25(2)40(49(83)70-21-9-14-36(70)50(84)85)68-45(79)32(13-8-20-60-52(57)58)64-42(76)26(3)62-48(82)41(27(4)71)69-46(80)34(16-18-39(74)75)67-44(78)33(15-17-37(54)72)66-43(77)31(12-7-19-59-51(55)56)65-47(81)35(63-38(73)23-53)22-28-24-61-30-11-6-5-10-29(28)30/h5-6,10-11,24-27,31-36,40-41,61,71H,7-9,12-23,53H2,1-4H3,(H2,54,72)(H,62,82)(H,63,73)(H,64,76)(H,65,81)(H,66,77)(H,67,78)(H,68,79)(H,69,80)(H,74,75)(H,84,85)(H4,55,56,59)(H4,57,58,60)/t26-,27+,31-,32-,33-,34-,35-,36-,40-,41-/m0/s1. The predicted molar refractivity (Wildman–Crippen MR) is 306 cm³/mol. The van der Waals surface area contributed by atoms with Crippen molar-refractivity contribution in [3.63, 3.8) is 0 Å². The van der Waals surface area contributed by atoms with E-state index in [4.69, 9.17) is 34.4 Å². The molecule has 0 spiro atoms. The zero-order chi connectivity index (χ0) is 63.7. The smallest absolute Gasteiger partial charge is 0.326 e. The number of amides is 10. The molecule has 24 N–H and O–H groups in total. The second kappa shape index (κ2) is 34.5. The number of benzene rings is 1. The van der Waals surface area contributed by atoms with Crippen molar-refractivity contribution < 1.29 is 72.9 Å². The van der Waals surface area contributed by atoms with Crippen molar-refractivity contribution in [3.8, 4) is 0 Å². The summed E-state index contributed by atoms with van der Waals surface area (Å²) in [4.78, 5) is 172. The van der Waals surface area contributed by atoms with Crippen LogP contribution >= 0.6 is 0 Å². The van der Waals surface area contributed by atoms with Crippen molar-refractivity contribution in [3.05, 3.63) is 36.0 Å². The fourth-order valence-corrected chi connectivity index (χ4v) is 8.99. The zero-order valence-corrected chi connectivity index (χ0v) is 47.9. The molecule has 85 heavy (non-hydrogen) atoms. The van der Waals surface area contributed by atoms with Crippen LogP contribution in [-0.4, -0.2) is 195 Å². The number of fused-ring (bicyclic) bond motifs is 1. The molecule has 33 nitrogen and oxygen atoms in total. The van der Waals surface area contributed by atoms with Gasteiger partial charge >= 0.3 is 11.9 Å². The van der Waals surface area contributed by atoms with Gasteiger partial charge in [-0.05, 0) is 82.8 Å². The monoisotopic (exact) mass is 1200 g/mol. The maximum Gasteiger partial charge on any atom is 0.326 e. The molecular formula is C52H82N18O15. The molecule has 1 aliphatic heterocycles. The van der Waals surface area contributed by atoms with Gasteiger partial charge in [-0.3, -0.25) is 62.7 Å². The summed E-state index contributed by atoms with van der Waals surface area (Å²) in [7, 11) is 0. The summed E-state index contributed by atoms with van der Waals surface area (Å²) in [6, 6.07) is -6.35. The first-order chi connectivity index (χ1) is 40.0. The van der Waals surface area contributed by atoms with Gasteiger partial charge in [0.2, 0.25) is 59.1 Å². The number of nitrogens with zero attached hydrogens (tertiary/aromatic N) is 3. The van der Waals surface area contributed by atoms with E-state index in [2.05, 4.69) is 57.5 Å². The van der Waals surface area contributed by atoms with Crippen molar-refractivity contribution >= 4 is 93.8 Å². The highest BCUT2D eigenvalue weighted by Gasteiger charge is 2.40. The quantitative estimate of drug-likeness (QED) is 0.0172. The third kappa shape index (κ3) is 23.2. The number of nitrogens with two attached hydrogens (primary N) is 6. The number of para-hydroxylation sites is 1. The number of aromatic nitrogens is 1. The number of aliphatic hydroxyl groups excluding tert-OH is 1. The minimum Gasteiger partial charge on any atom is -0.481 e. The lowest BCUT2D eigenvalue weighted by Crippen LogP contribution is -2.62. The third-order valence-electron chi connectivity index (χ3n) is 13.6. The van der Waals surface area contributed by atoms with Crippen LogP contribution in [0.2, 0.25) is 0 Å². The van der Waals surface area contributed by atoms with E-state index >= 15 is 0 Å². The maximum absolute atomic E-state index is 14.2. The van der Waals surface area contributed by atoms with Gasteiger partial charge in [0.1, 0.15) is 54.4 Å². The number of rotatable bonds is 36. The second-order valence-corrected chi connectivity index (χ2v) is 20.7. The Bertz CT molecular complexity index is 2760. The molecule has 3 rings (SSSR count). The van der Waals surface area contributed by atoms with E-state index in [0.717, 1.165) is 17.8 Å². The van der Waals surface area contributed by atoms with Gasteiger partial charge in [-0.2, -0.15) is 0 Å². The van der Waals surface area contributed by atoms with E-state index in [9.17, 15) is 72.9 Å². The molecule has 1 aliphatic rings. The Morgan fingerprint density at radius 2 is 1.12 bits per heavy atom. The lowest BCUT2D eigenvalue weighted by molar-refractivity contribution is -0.150. The molecule has 0 radical (unpaired) electrons. The number of likely N-dealkylation sites (tertiary alicyclic amines) is 1. The van der Waals surface area contributed by atoms with Gasteiger partial charge in [0, 0.05) is 56.0 Å². The molecule has 33 heteroatoms. The van der Waals surface area contributed by atoms with Gasteiger partial charge in [-0.25, -0.2) is 4.79 Å². The molecule has 10 atom stereocenters. The number of aliphatic hydroxyl groups is 1. The summed E-state index contributed by atoms with van der Waals surface area (Å²) in [6.45, 7) is 5.17. The molecule has 0 unspecified atom stereocenters. The average molecular weight is 1200 g/mol. The van der Waals surface area contributed by atoms with Crippen LogP contribution in [0.3, 0.4) is 0 Å². The number of guanidine groups is 2. The molecule has 10 amide bonds. The molecule has 0 bridgehead atoms. The van der Waals surface area contributed by atoms with Crippen LogP contribution < -0.4 is 76.9 Å². The molecule has 2 aromatic rings. The Kier molecular flexibility index (Phi) is 28.4. The van der Waals surface area contributed by atoms with Gasteiger partial charge in [0.15, 0.2) is 11.9 Å². The number of hydrogen-bond donors (Lipinski definition) is 18. The molecule has 1 fully saturated rings. The van der Waals surface area contributed by atoms with Crippen LogP contribution in [0.15, 0.2) is 40.4 Å². The Morgan fingerprint density at radius 3 is 1.61 bits per heavy atom. The maximum atomic E-state index is 14.2. The number of carboxylic acids is 2. The molecule has 1 aromatic carbocycles. The minimum atomic E-state index is -1.91. The normalized spacial score (nSPS) is 16.0. The van der Waals surface area contributed by atoms with Crippen LogP contribution in [-0.2, 0) is 64.0 Å². The van der Waals surface area contributed by atoms with Crippen LogP contribution in [0.1, 0.15) is 97.5 Å². The van der Waals surface area contributed by atoms with E-state index in [-0.39, 0.29) is 70.1 Å². The summed E-state index contributed by atoms with van der Waals surface area (Å²) in [5.41, 5.74) is 34.2. The number of aromatic amines is 1. The SMILES string of the molecule is CC(C)[C@H](NC(=O)[C@H](CCCN=C(N)N)NC(=O)[C@H](C)NC(=O)[C@@H](NC(=O)[C@H](CCC(=O)O)NC(=O)[C@H](CCC(N)=O)NC(=O)[C@H](CCCN=C(N)N)NC(=O)[C@H](Cc1c[nH]c2ccccc12)NC(=O)CN)[C@@H](C)O)C(=O)N1CCC[C@H]1C(=O)O. The lowest BCUT2D eigenvalue weighted by Gasteiger charge is -2.31. The number of nitrogens with one attached hydrogen (secondary N) is 9. The molecule has 470 valence electrons. The highest BCUT2D eigenvalue weighted by Crippen LogP contribution is 2.22. The highest BCUT2D eigenvalue weighted by atomic mass is 16.4. The fourth-order valence-electron chi connectivity index (χ4n) is 8.99. The van der Waals surface area contributed by atoms with Crippen LogP contribution in [0.4, 0.5) is 0 Å². The average Bonchev–Trinajstić information content (AvgIpc) is 4.36. The Hall–Kier alpha value is -9.14. The van der Waals surface area contributed by atoms with Crippen molar-refractivity contribution in [2.75, 3.05) is 26.2 Å². The number of aliphatic carboxylic acids is 2. The van der Waals surface area contributed by atoms with Gasteiger partial charge in [0.25, 0.3) is 0 Å². The van der Waals surface area contributed by atoms with E-state index < -0.39 is 170 Å². The molecule has 1 saturated heterocycles. The first-order valence-electron chi connectivity index (χ1n) is 27.5. The lowest BCUT2D eigenvalue weighted by atomic mass is 10.0. The van der Waals surface area contributed by atoms with E-state index in [0.29, 0.717) is 12.0 Å². The number of aliphatic imine (C=N–C) groups is 2. The molecule has 0 aliphatic carbocycles. The van der Waals surface area contributed by atoms with Crippen molar-refractivity contribution in [1.29, 1.82) is 0 Å². The number of carbonyl (C=O) groups excluding carboxylic acids is 10. The second-order valence-electron chi connectivity index (χ2n) is 20.7. The number of primary amides is 1. The van der Waals surface area contributed by atoms with Gasteiger partial charge in [0.05, 0.1) is 12.6 Å². The Labute approximate surface area is 489 Å². The van der Waals surface area contributed by atoms with E-state index in [1.807, 2.05) is 0 Å². The first-order valence-corrected chi connectivity index (χ1v) is 27.5. The van der Waals surface area contributed by atoms with Crippen LogP contribution in [0.5, 0.6) is 0 Å². The summed E-state index contributed by atoms with van der Waals surface area (Å²) in [5, 5.41) is 50.4. The largest absolute Gasteiger partial charge is 0.481 e. The summed E-state index contributed by atoms with van der Waals surface area (Å²) in [6.07, 6.45) is -2.10.